The van der Waals surface area contributed by atoms with E-state index >= 15 is 0 Å². The predicted molar refractivity (Wildman–Crippen MR) is 48.0 cm³/mol. The number of rotatable bonds is 6. The first-order chi connectivity index (χ1) is 6.43. The molecule has 80 valence electrons. The largest absolute Gasteiger partial charge is 0.457 e. The monoisotopic (exact) mass is 202 g/mol. The number of amides is 1. The Bertz CT molecular complexity index is 239. The van der Waals surface area contributed by atoms with Crippen LogP contribution in [0.25, 0.3) is 0 Å². The molecule has 1 atom stereocenters. The van der Waals surface area contributed by atoms with Crippen molar-refractivity contribution in [2.75, 3.05) is 6.61 Å². The summed E-state index contributed by atoms with van der Waals surface area (Å²) in [5.74, 6) is -1.48. The number of hydrogen-bond acceptors (Lipinski definition) is 5. The summed E-state index contributed by atoms with van der Waals surface area (Å²) in [4.78, 5) is 31.8. The van der Waals surface area contributed by atoms with Gasteiger partial charge in [-0.05, 0) is 13.3 Å². The lowest BCUT2D eigenvalue weighted by molar-refractivity contribution is -0.149. The number of carbonyl (C=O) groups is 3. The number of hydrogen-bond donors (Lipinski definition) is 2. The molecule has 0 fully saturated rings. The molecule has 0 radical (unpaired) electrons. The third-order valence-corrected chi connectivity index (χ3v) is 1.42. The van der Waals surface area contributed by atoms with E-state index in [4.69, 9.17) is 11.5 Å². The second-order valence-electron chi connectivity index (χ2n) is 2.92. The lowest BCUT2D eigenvalue weighted by Crippen LogP contribution is -2.34. The van der Waals surface area contributed by atoms with Crippen LogP contribution in [0.15, 0.2) is 0 Å². The molecule has 14 heavy (non-hydrogen) atoms. The lowest BCUT2D eigenvalue weighted by Gasteiger charge is -2.08. The molecule has 6 heteroatoms. The number of primary amides is 1. The van der Waals surface area contributed by atoms with Crippen LogP contribution >= 0.6 is 0 Å². The van der Waals surface area contributed by atoms with Crippen molar-refractivity contribution < 1.29 is 19.1 Å². The zero-order valence-electron chi connectivity index (χ0n) is 7.99. The molecule has 0 unspecified atom stereocenters. The van der Waals surface area contributed by atoms with Gasteiger partial charge in [-0.25, -0.2) is 0 Å². The summed E-state index contributed by atoms with van der Waals surface area (Å²) in [6.45, 7) is 1.01. The summed E-state index contributed by atoms with van der Waals surface area (Å²) in [5.41, 5.74) is 10.2. The number of ether oxygens (including phenoxy) is 1. The van der Waals surface area contributed by atoms with Gasteiger partial charge in [0.05, 0.1) is 0 Å². The highest BCUT2D eigenvalue weighted by molar-refractivity contribution is 5.82. The Morgan fingerprint density at radius 1 is 1.36 bits per heavy atom. The SMILES string of the molecule is CC(=O)COC(=O)[C@@H](N)CCC(N)=O. The first-order valence-electron chi connectivity index (χ1n) is 4.13. The molecule has 0 aliphatic rings. The van der Waals surface area contributed by atoms with Gasteiger partial charge in [-0.2, -0.15) is 0 Å². The normalized spacial score (nSPS) is 11.9. The Morgan fingerprint density at radius 3 is 2.36 bits per heavy atom. The van der Waals surface area contributed by atoms with Crippen molar-refractivity contribution >= 4 is 17.7 Å². The molecule has 0 saturated heterocycles. The van der Waals surface area contributed by atoms with Crippen LogP contribution in [0.1, 0.15) is 19.8 Å². The van der Waals surface area contributed by atoms with E-state index in [0.29, 0.717) is 0 Å². The van der Waals surface area contributed by atoms with Gasteiger partial charge in [-0.15, -0.1) is 0 Å². The second-order valence-corrected chi connectivity index (χ2v) is 2.92. The number of Topliss-reactive ketones (excluding diaryl/α,β-unsaturated/α-hetero) is 1. The Kier molecular flexibility index (Phi) is 5.47. The van der Waals surface area contributed by atoms with E-state index in [1.54, 1.807) is 0 Å². The lowest BCUT2D eigenvalue weighted by atomic mass is 10.1. The van der Waals surface area contributed by atoms with Crippen LogP contribution in [0.3, 0.4) is 0 Å². The van der Waals surface area contributed by atoms with Gasteiger partial charge in [0.2, 0.25) is 5.91 Å². The van der Waals surface area contributed by atoms with Crippen LogP contribution < -0.4 is 11.5 Å². The van der Waals surface area contributed by atoms with Gasteiger partial charge in [0.1, 0.15) is 12.6 Å². The minimum Gasteiger partial charge on any atom is -0.457 e. The third-order valence-electron chi connectivity index (χ3n) is 1.42. The van der Waals surface area contributed by atoms with Crippen LogP contribution in [-0.4, -0.2) is 30.3 Å². The van der Waals surface area contributed by atoms with Gasteiger partial charge in [-0.3, -0.25) is 14.4 Å². The minimum absolute atomic E-state index is 0.0241. The highest BCUT2D eigenvalue weighted by Crippen LogP contribution is 1.96. The Hall–Kier alpha value is -1.43. The minimum atomic E-state index is -0.901. The zero-order valence-corrected chi connectivity index (χ0v) is 7.99. The second kappa shape index (κ2) is 6.09. The van der Waals surface area contributed by atoms with E-state index in [-0.39, 0.29) is 25.2 Å². The third kappa shape index (κ3) is 6.13. The summed E-state index contributed by atoms with van der Waals surface area (Å²) in [6.07, 6.45) is 0.155. The van der Waals surface area contributed by atoms with Gasteiger partial charge < -0.3 is 16.2 Å². The van der Waals surface area contributed by atoms with E-state index in [0.717, 1.165) is 0 Å². The number of ketones is 1. The number of esters is 1. The topological polar surface area (TPSA) is 112 Å². The van der Waals surface area contributed by atoms with E-state index < -0.39 is 17.9 Å². The van der Waals surface area contributed by atoms with E-state index in [9.17, 15) is 14.4 Å². The first-order valence-corrected chi connectivity index (χ1v) is 4.13. The van der Waals surface area contributed by atoms with E-state index in [1.807, 2.05) is 0 Å². The molecule has 0 aromatic rings. The van der Waals surface area contributed by atoms with Gasteiger partial charge >= 0.3 is 5.97 Å². The number of nitrogens with two attached hydrogens (primary N) is 2. The standard InChI is InChI=1S/C8H14N2O4/c1-5(11)4-14-8(13)6(9)2-3-7(10)12/h6H,2-4,9H2,1H3,(H2,10,12)/t6-/m0/s1. The molecule has 0 saturated carbocycles. The smallest absolute Gasteiger partial charge is 0.323 e. The molecule has 0 aromatic carbocycles. The molecule has 6 nitrogen and oxygen atoms in total. The van der Waals surface area contributed by atoms with E-state index in [2.05, 4.69) is 4.74 Å². The fourth-order valence-corrected chi connectivity index (χ4v) is 0.695. The highest BCUT2D eigenvalue weighted by Gasteiger charge is 2.16. The summed E-state index contributed by atoms with van der Waals surface area (Å²) in [7, 11) is 0. The first kappa shape index (κ1) is 12.6. The predicted octanol–water partition coefficient (Wildman–Crippen LogP) is -1.29. The molecule has 0 bridgehead atoms. The van der Waals surface area contributed by atoms with Crippen molar-refractivity contribution in [3.05, 3.63) is 0 Å². The van der Waals surface area contributed by atoms with Gasteiger partial charge in [-0.1, -0.05) is 0 Å². The Morgan fingerprint density at radius 2 is 1.93 bits per heavy atom. The molecule has 0 aliphatic heterocycles. The van der Waals surface area contributed by atoms with Crippen LogP contribution in [-0.2, 0) is 19.1 Å². The van der Waals surface area contributed by atoms with Crippen molar-refractivity contribution in [3.8, 4) is 0 Å². The molecule has 0 aliphatic carbocycles. The summed E-state index contributed by atoms with van der Waals surface area (Å²) in [6, 6.07) is -0.901. The summed E-state index contributed by atoms with van der Waals surface area (Å²) < 4.78 is 4.53. The van der Waals surface area contributed by atoms with Crippen molar-refractivity contribution in [1.29, 1.82) is 0 Å². The van der Waals surface area contributed by atoms with Gasteiger partial charge in [0, 0.05) is 6.42 Å². The quantitative estimate of drug-likeness (QED) is 0.520. The van der Waals surface area contributed by atoms with Crippen molar-refractivity contribution in [2.24, 2.45) is 11.5 Å². The summed E-state index contributed by atoms with van der Waals surface area (Å²) in [5, 5.41) is 0. The Balaban J connectivity index is 3.76. The molecule has 0 aromatic heterocycles. The number of carbonyl (C=O) groups excluding carboxylic acids is 3. The van der Waals surface area contributed by atoms with Gasteiger partial charge in [0.15, 0.2) is 5.78 Å². The molecular formula is C8H14N2O4. The summed E-state index contributed by atoms with van der Waals surface area (Å²) >= 11 is 0. The average molecular weight is 202 g/mol. The van der Waals surface area contributed by atoms with Crippen LogP contribution in [0.2, 0.25) is 0 Å². The Labute approximate surface area is 81.6 Å². The van der Waals surface area contributed by atoms with Crippen LogP contribution in [0, 0.1) is 0 Å². The molecule has 4 N–H and O–H groups in total. The fraction of sp³-hybridized carbons (Fsp3) is 0.625. The van der Waals surface area contributed by atoms with Crippen LogP contribution in [0.4, 0.5) is 0 Å². The van der Waals surface area contributed by atoms with E-state index in [1.165, 1.54) is 6.92 Å². The maximum Gasteiger partial charge on any atom is 0.323 e. The van der Waals surface area contributed by atoms with Gasteiger partial charge in [0.25, 0.3) is 0 Å². The maximum absolute atomic E-state index is 11.0. The maximum atomic E-state index is 11.0. The molecule has 0 rings (SSSR count). The van der Waals surface area contributed by atoms with Crippen molar-refractivity contribution in [1.82, 2.24) is 0 Å². The molecule has 0 spiro atoms. The molecule has 1 amide bonds. The highest BCUT2D eigenvalue weighted by atomic mass is 16.5. The molecular weight excluding hydrogens is 188 g/mol. The van der Waals surface area contributed by atoms with Crippen LogP contribution in [0.5, 0.6) is 0 Å². The van der Waals surface area contributed by atoms with Crippen molar-refractivity contribution in [3.63, 3.8) is 0 Å². The molecule has 0 heterocycles. The zero-order chi connectivity index (χ0) is 11.1. The fourth-order valence-electron chi connectivity index (χ4n) is 0.695. The average Bonchev–Trinajstić information content (AvgIpc) is 2.09. The van der Waals surface area contributed by atoms with Crippen molar-refractivity contribution in [2.45, 2.75) is 25.8 Å².